The van der Waals surface area contributed by atoms with Gasteiger partial charge >= 0.3 is 0 Å². The van der Waals surface area contributed by atoms with Gasteiger partial charge in [-0.3, -0.25) is 4.90 Å². The van der Waals surface area contributed by atoms with Crippen LogP contribution in [0.3, 0.4) is 0 Å². The zero-order valence-electron chi connectivity index (χ0n) is 11.8. The summed E-state index contributed by atoms with van der Waals surface area (Å²) in [7, 11) is -4.21. The highest BCUT2D eigenvalue weighted by molar-refractivity contribution is 7.89. The molecule has 0 amide bonds. The van der Waals surface area contributed by atoms with Crippen molar-refractivity contribution in [3.8, 4) is 0 Å². The van der Waals surface area contributed by atoms with E-state index in [-0.39, 0.29) is 6.54 Å². The zero-order chi connectivity index (χ0) is 16.2. The minimum absolute atomic E-state index is 0.0815. The zero-order valence-corrected chi connectivity index (χ0v) is 12.6. The van der Waals surface area contributed by atoms with Crippen molar-refractivity contribution in [2.45, 2.75) is 11.3 Å². The third-order valence-corrected chi connectivity index (χ3v) is 4.81. The second-order valence-electron chi connectivity index (χ2n) is 4.88. The van der Waals surface area contributed by atoms with Gasteiger partial charge in [0, 0.05) is 19.6 Å². The monoisotopic (exact) mass is 338 g/mol. The van der Waals surface area contributed by atoms with Gasteiger partial charge in [-0.15, -0.1) is 0 Å². The summed E-state index contributed by atoms with van der Waals surface area (Å²) in [4.78, 5) is 1.23. The topological polar surface area (TPSA) is 58.6 Å². The van der Waals surface area contributed by atoms with Gasteiger partial charge in [-0.1, -0.05) is 0 Å². The van der Waals surface area contributed by atoms with Crippen molar-refractivity contribution < 1.29 is 26.3 Å². The maximum atomic E-state index is 13.5. The van der Waals surface area contributed by atoms with Crippen LogP contribution in [0.4, 0.5) is 13.2 Å². The lowest BCUT2D eigenvalue weighted by molar-refractivity contribution is 0.0376. The molecule has 0 radical (unpaired) electrons. The molecule has 0 unspecified atom stereocenters. The van der Waals surface area contributed by atoms with Gasteiger partial charge in [-0.25, -0.2) is 26.3 Å². The van der Waals surface area contributed by atoms with Crippen LogP contribution >= 0.6 is 0 Å². The highest BCUT2D eigenvalue weighted by Crippen LogP contribution is 2.19. The standard InChI is InChI=1S/C13H17F3N2O3S/c14-10-2-3-11(13(16)12(10)15)22(19,20)17-4-1-5-18-6-8-21-9-7-18/h2-3,17H,1,4-9H2. The van der Waals surface area contributed by atoms with Crippen LogP contribution in [0.15, 0.2) is 17.0 Å². The first-order valence-electron chi connectivity index (χ1n) is 6.85. The third kappa shape index (κ3) is 4.19. The SMILES string of the molecule is O=S(=O)(NCCCN1CCOCC1)c1ccc(F)c(F)c1F. The summed E-state index contributed by atoms with van der Waals surface area (Å²) < 4.78 is 70.6. The second-order valence-corrected chi connectivity index (χ2v) is 6.61. The molecule has 22 heavy (non-hydrogen) atoms. The smallest absolute Gasteiger partial charge is 0.243 e. The van der Waals surface area contributed by atoms with E-state index in [4.69, 9.17) is 4.74 Å². The summed E-state index contributed by atoms with van der Waals surface area (Å²) in [5.74, 6) is -4.93. The molecular formula is C13H17F3N2O3S. The van der Waals surface area contributed by atoms with Crippen LogP contribution in [0.1, 0.15) is 6.42 Å². The molecule has 1 heterocycles. The molecule has 1 saturated heterocycles. The molecule has 1 N–H and O–H groups in total. The Kier molecular flexibility index (Phi) is 5.79. The van der Waals surface area contributed by atoms with Crippen molar-refractivity contribution in [2.24, 2.45) is 0 Å². The van der Waals surface area contributed by atoms with Crippen molar-refractivity contribution in [1.29, 1.82) is 0 Å². The molecular weight excluding hydrogens is 321 g/mol. The van der Waals surface area contributed by atoms with E-state index >= 15 is 0 Å². The van der Waals surface area contributed by atoms with E-state index in [9.17, 15) is 21.6 Å². The predicted octanol–water partition coefficient (Wildman–Crippen LogP) is 1.10. The molecule has 9 heteroatoms. The third-order valence-electron chi connectivity index (χ3n) is 3.34. The molecule has 5 nitrogen and oxygen atoms in total. The van der Waals surface area contributed by atoms with Gasteiger partial charge in [0.25, 0.3) is 0 Å². The number of morpholine rings is 1. The summed E-state index contributed by atoms with van der Waals surface area (Å²) in [6.07, 6.45) is 0.518. The van der Waals surface area contributed by atoms with Crippen molar-refractivity contribution in [3.63, 3.8) is 0 Å². The minimum atomic E-state index is -4.21. The first kappa shape index (κ1) is 17.2. The number of hydrogen-bond donors (Lipinski definition) is 1. The first-order chi connectivity index (χ1) is 10.4. The van der Waals surface area contributed by atoms with Gasteiger partial charge in [0.1, 0.15) is 4.90 Å². The molecule has 1 aliphatic rings. The Morgan fingerprint density at radius 2 is 1.82 bits per heavy atom. The number of rotatable bonds is 6. The van der Waals surface area contributed by atoms with Crippen molar-refractivity contribution in [1.82, 2.24) is 9.62 Å². The number of benzene rings is 1. The molecule has 124 valence electrons. The lowest BCUT2D eigenvalue weighted by atomic mass is 10.3. The fourth-order valence-electron chi connectivity index (χ4n) is 2.13. The lowest BCUT2D eigenvalue weighted by Gasteiger charge is -2.26. The van der Waals surface area contributed by atoms with Crippen molar-refractivity contribution in [3.05, 3.63) is 29.6 Å². The summed E-state index contributed by atoms with van der Waals surface area (Å²) in [6, 6.07) is 1.29. The molecule has 1 aromatic carbocycles. The van der Waals surface area contributed by atoms with E-state index < -0.39 is 32.4 Å². The van der Waals surface area contributed by atoms with E-state index in [0.717, 1.165) is 13.1 Å². The Morgan fingerprint density at radius 3 is 2.50 bits per heavy atom. The van der Waals surface area contributed by atoms with Crippen LogP contribution in [-0.4, -0.2) is 52.7 Å². The predicted molar refractivity (Wildman–Crippen MR) is 73.4 cm³/mol. The maximum absolute atomic E-state index is 13.5. The molecule has 0 atom stereocenters. The largest absolute Gasteiger partial charge is 0.379 e. The van der Waals surface area contributed by atoms with Crippen LogP contribution in [0.2, 0.25) is 0 Å². The van der Waals surface area contributed by atoms with E-state index in [1.54, 1.807) is 0 Å². The molecule has 0 saturated carbocycles. The summed E-state index contributed by atoms with van der Waals surface area (Å²) in [6.45, 7) is 3.61. The molecule has 1 fully saturated rings. The molecule has 0 aromatic heterocycles. The van der Waals surface area contributed by atoms with Gasteiger partial charge in [0.15, 0.2) is 17.5 Å². The average molecular weight is 338 g/mol. The number of ether oxygens (including phenoxy) is 1. The molecule has 0 spiro atoms. The average Bonchev–Trinajstić information content (AvgIpc) is 2.50. The molecule has 1 aromatic rings. The van der Waals surface area contributed by atoms with E-state index in [1.165, 1.54) is 0 Å². The molecule has 1 aliphatic heterocycles. The number of sulfonamides is 1. The number of nitrogens with zero attached hydrogens (tertiary/aromatic N) is 1. The molecule has 0 aliphatic carbocycles. The Balaban J connectivity index is 1.90. The first-order valence-corrected chi connectivity index (χ1v) is 8.33. The second kappa shape index (κ2) is 7.40. The van der Waals surface area contributed by atoms with Crippen LogP contribution in [0.25, 0.3) is 0 Å². The van der Waals surface area contributed by atoms with Crippen molar-refractivity contribution in [2.75, 3.05) is 39.4 Å². The maximum Gasteiger partial charge on any atom is 0.243 e. The normalized spacial score (nSPS) is 16.9. The Hall–Kier alpha value is -1.16. The number of halogens is 3. The van der Waals surface area contributed by atoms with Crippen LogP contribution in [-0.2, 0) is 14.8 Å². The highest BCUT2D eigenvalue weighted by atomic mass is 32.2. The van der Waals surface area contributed by atoms with E-state index in [1.807, 2.05) is 0 Å². The highest BCUT2D eigenvalue weighted by Gasteiger charge is 2.23. The van der Waals surface area contributed by atoms with Gasteiger partial charge in [0.2, 0.25) is 10.0 Å². The minimum Gasteiger partial charge on any atom is -0.379 e. The summed E-state index contributed by atoms with van der Waals surface area (Å²) in [5, 5.41) is 0. The van der Waals surface area contributed by atoms with E-state index in [2.05, 4.69) is 9.62 Å². The summed E-state index contributed by atoms with van der Waals surface area (Å²) >= 11 is 0. The Morgan fingerprint density at radius 1 is 1.14 bits per heavy atom. The number of nitrogens with one attached hydrogen (secondary N) is 1. The van der Waals surface area contributed by atoms with Gasteiger partial charge in [0.05, 0.1) is 13.2 Å². The lowest BCUT2D eigenvalue weighted by Crippen LogP contribution is -2.38. The number of hydrogen-bond acceptors (Lipinski definition) is 4. The Labute approximate surface area is 127 Å². The van der Waals surface area contributed by atoms with Gasteiger partial charge < -0.3 is 4.74 Å². The molecule has 0 bridgehead atoms. The van der Waals surface area contributed by atoms with Crippen LogP contribution < -0.4 is 4.72 Å². The van der Waals surface area contributed by atoms with Crippen LogP contribution in [0.5, 0.6) is 0 Å². The fourth-order valence-corrected chi connectivity index (χ4v) is 3.27. The van der Waals surface area contributed by atoms with Crippen molar-refractivity contribution >= 4 is 10.0 Å². The van der Waals surface area contributed by atoms with E-state index in [0.29, 0.717) is 38.3 Å². The fraction of sp³-hybridized carbons (Fsp3) is 0.538. The Bertz CT molecular complexity index is 619. The van der Waals surface area contributed by atoms with Gasteiger partial charge in [-0.05, 0) is 25.1 Å². The quantitative estimate of drug-likeness (QED) is 0.623. The molecule has 2 rings (SSSR count). The van der Waals surface area contributed by atoms with Crippen LogP contribution in [0, 0.1) is 17.5 Å². The summed E-state index contributed by atoms with van der Waals surface area (Å²) in [5.41, 5.74) is 0. The van der Waals surface area contributed by atoms with Gasteiger partial charge in [-0.2, -0.15) is 0 Å².